The largest absolute Gasteiger partial charge is 0.379 e. The lowest BCUT2D eigenvalue weighted by Crippen LogP contribution is -2.35. The van der Waals surface area contributed by atoms with E-state index in [0.717, 1.165) is 24.2 Å². The van der Waals surface area contributed by atoms with Gasteiger partial charge in [0, 0.05) is 19.6 Å². The maximum atomic E-state index is 13.4. The molecule has 1 aliphatic heterocycles. The molecule has 0 saturated carbocycles. The molecular formula is C13H18FN5O. The van der Waals surface area contributed by atoms with Crippen molar-refractivity contribution in [3.05, 3.63) is 35.1 Å². The van der Waals surface area contributed by atoms with E-state index in [0.29, 0.717) is 19.8 Å². The Balaban J connectivity index is 2.14. The van der Waals surface area contributed by atoms with Crippen LogP contribution in [0, 0.1) is 5.82 Å². The Morgan fingerprint density at radius 1 is 1.35 bits per heavy atom. The summed E-state index contributed by atoms with van der Waals surface area (Å²) < 4.78 is 18.7. The Kier molecular flexibility index (Phi) is 5.03. The third kappa shape index (κ3) is 4.29. The van der Waals surface area contributed by atoms with E-state index in [4.69, 9.17) is 16.2 Å². The van der Waals surface area contributed by atoms with Gasteiger partial charge in [0.15, 0.2) is 0 Å². The Labute approximate surface area is 116 Å². The van der Waals surface area contributed by atoms with E-state index in [9.17, 15) is 4.39 Å². The van der Waals surface area contributed by atoms with E-state index in [1.165, 1.54) is 18.3 Å². The zero-order valence-corrected chi connectivity index (χ0v) is 11.1. The molecule has 4 N–H and O–H groups in total. The van der Waals surface area contributed by atoms with Gasteiger partial charge in [-0.3, -0.25) is 4.90 Å². The highest BCUT2D eigenvalue weighted by Crippen LogP contribution is 2.13. The van der Waals surface area contributed by atoms with Crippen molar-refractivity contribution in [2.24, 2.45) is 21.7 Å². The molecule has 7 heteroatoms. The minimum Gasteiger partial charge on any atom is -0.379 e. The van der Waals surface area contributed by atoms with Crippen LogP contribution in [0.25, 0.3) is 0 Å². The van der Waals surface area contributed by atoms with Crippen molar-refractivity contribution < 1.29 is 9.13 Å². The molecule has 20 heavy (non-hydrogen) atoms. The molecule has 0 atom stereocenters. The molecule has 0 spiro atoms. The van der Waals surface area contributed by atoms with Crippen molar-refractivity contribution in [3.63, 3.8) is 0 Å². The second kappa shape index (κ2) is 6.97. The van der Waals surface area contributed by atoms with E-state index in [1.807, 2.05) is 0 Å². The number of ether oxygens (including phenoxy) is 1. The van der Waals surface area contributed by atoms with Gasteiger partial charge in [-0.2, -0.15) is 5.10 Å². The van der Waals surface area contributed by atoms with Gasteiger partial charge in [-0.1, -0.05) is 6.07 Å². The van der Waals surface area contributed by atoms with Crippen LogP contribution in [-0.4, -0.2) is 43.4 Å². The molecule has 1 aromatic carbocycles. The fourth-order valence-corrected chi connectivity index (χ4v) is 2.00. The van der Waals surface area contributed by atoms with Gasteiger partial charge in [0.1, 0.15) is 5.82 Å². The van der Waals surface area contributed by atoms with E-state index in [1.54, 1.807) is 6.07 Å². The molecule has 1 aromatic rings. The lowest BCUT2D eigenvalue weighted by molar-refractivity contribution is 0.0341. The molecule has 0 aliphatic carbocycles. The average molecular weight is 279 g/mol. The molecular weight excluding hydrogens is 261 g/mol. The SMILES string of the molecule is NC(N)=NN=Cc1ccc(F)cc1CN1CCOCC1. The summed E-state index contributed by atoms with van der Waals surface area (Å²) in [6, 6.07) is 4.56. The Hall–Kier alpha value is -1.99. The second-order valence-electron chi connectivity index (χ2n) is 4.50. The Bertz CT molecular complexity index is 507. The summed E-state index contributed by atoms with van der Waals surface area (Å²) in [4.78, 5) is 2.20. The molecule has 0 amide bonds. The normalized spacial score (nSPS) is 16.4. The van der Waals surface area contributed by atoms with Gasteiger partial charge in [0.2, 0.25) is 5.96 Å². The molecule has 1 aliphatic rings. The zero-order chi connectivity index (χ0) is 14.4. The summed E-state index contributed by atoms with van der Waals surface area (Å²) in [5.41, 5.74) is 12.0. The highest BCUT2D eigenvalue weighted by Gasteiger charge is 2.12. The van der Waals surface area contributed by atoms with Crippen molar-refractivity contribution in [2.75, 3.05) is 26.3 Å². The predicted molar refractivity (Wildman–Crippen MR) is 75.9 cm³/mol. The number of hydrogen-bond acceptors (Lipinski definition) is 4. The van der Waals surface area contributed by atoms with Gasteiger partial charge < -0.3 is 16.2 Å². The minimum absolute atomic E-state index is 0.113. The number of nitrogens with two attached hydrogens (primary N) is 2. The maximum absolute atomic E-state index is 13.4. The molecule has 0 unspecified atom stereocenters. The van der Waals surface area contributed by atoms with Crippen LogP contribution in [0.2, 0.25) is 0 Å². The first-order chi connectivity index (χ1) is 9.65. The van der Waals surface area contributed by atoms with Crippen LogP contribution >= 0.6 is 0 Å². The van der Waals surface area contributed by atoms with Crippen molar-refractivity contribution in [1.82, 2.24) is 4.90 Å². The predicted octanol–water partition coefficient (Wildman–Crippen LogP) is 0.265. The van der Waals surface area contributed by atoms with Crippen LogP contribution in [0.1, 0.15) is 11.1 Å². The summed E-state index contributed by atoms with van der Waals surface area (Å²) in [6.07, 6.45) is 1.52. The van der Waals surface area contributed by atoms with Gasteiger partial charge in [-0.05, 0) is 23.3 Å². The number of rotatable bonds is 4. The number of hydrogen-bond donors (Lipinski definition) is 2. The van der Waals surface area contributed by atoms with Gasteiger partial charge in [-0.25, -0.2) is 4.39 Å². The molecule has 1 saturated heterocycles. The number of nitrogens with zero attached hydrogens (tertiary/aromatic N) is 3. The van der Waals surface area contributed by atoms with Crippen LogP contribution in [-0.2, 0) is 11.3 Å². The average Bonchev–Trinajstić information content (AvgIpc) is 2.42. The lowest BCUT2D eigenvalue weighted by atomic mass is 10.1. The van der Waals surface area contributed by atoms with E-state index >= 15 is 0 Å². The fraction of sp³-hybridized carbons (Fsp3) is 0.385. The third-order valence-electron chi connectivity index (χ3n) is 2.97. The maximum Gasteiger partial charge on any atom is 0.211 e. The Morgan fingerprint density at radius 2 is 2.10 bits per heavy atom. The molecule has 6 nitrogen and oxygen atoms in total. The fourth-order valence-electron chi connectivity index (χ4n) is 2.00. The van der Waals surface area contributed by atoms with Crippen LogP contribution in [0.15, 0.2) is 28.4 Å². The summed E-state index contributed by atoms with van der Waals surface area (Å²) in [6.45, 7) is 3.71. The topological polar surface area (TPSA) is 89.2 Å². The van der Waals surface area contributed by atoms with Gasteiger partial charge in [0.05, 0.1) is 19.4 Å². The minimum atomic E-state index is -0.271. The van der Waals surface area contributed by atoms with E-state index in [-0.39, 0.29) is 11.8 Å². The molecule has 0 bridgehead atoms. The number of benzene rings is 1. The van der Waals surface area contributed by atoms with E-state index < -0.39 is 0 Å². The summed E-state index contributed by atoms with van der Waals surface area (Å²) >= 11 is 0. The molecule has 108 valence electrons. The smallest absolute Gasteiger partial charge is 0.211 e. The highest BCUT2D eigenvalue weighted by atomic mass is 19.1. The van der Waals surface area contributed by atoms with E-state index in [2.05, 4.69) is 15.1 Å². The second-order valence-corrected chi connectivity index (χ2v) is 4.50. The highest BCUT2D eigenvalue weighted by molar-refractivity contribution is 5.83. The standard InChI is InChI=1S/C13H18FN5O/c14-12-2-1-10(8-17-18-13(15)16)11(7-12)9-19-3-5-20-6-4-19/h1-2,7-8H,3-6,9H2,(H4,15,16,18). The van der Waals surface area contributed by atoms with Gasteiger partial charge in [0.25, 0.3) is 0 Å². The number of guanidine groups is 1. The lowest BCUT2D eigenvalue weighted by Gasteiger charge is -2.27. The molecule has 0 aromatic heterocycles. The summed E-state index contributed by atoms with van der Waals surface area (Å²) in [5.74, 6) is -0.384. The number of halogens is 1. The van der Waals surface area contributed by atoms with Gasteiger partial charge in [-0.15, -0.1) is 5.10 Å². The molecule has 1 fully saturated rings. The third-order valence-corrected chi connectivity index (χ3v) is 2.97. The van der Waals surface area contributed by atoms with Crippen LogP contribution in [0.3, 0.4) is 0 Å². The summed E-state index contributed by atoms with van der Waals surface area (Å²) in [5, 5.41) is 7.32. The van der Waals surface area contributed by atoms with Crippen molar-refractivity contribution in [3.8, 4) is 0 Å². The van der Waals surface area contributed by atoms with Crippen molar-refractivity contribution in [2.45, 2.75) is 6.54 Å². The van der Waals surface area contributed by atoms with Crippen LogP contribution in [0.4, 0.5) is 4.39 Å². The first-order valence-electron chi connectivity index (χ1n) is 6.35. The van der Waals surface area contributed by atoms with Gasteiger partial charge >= 0.3 is 0 Å². The molecule has 1 heterocycles. The quantitative estimate of drug-likeness (QED) is 0.470. The monoisotopic (exact) mass is 279 g/mol. The first-order valence-corrected chi connectivity index (χ1v) is 6.35. The Morgan fingerprint density at radius 3 is 2.80 bits per heavy atom. The zero-order valence-electron chi connectivity index (χ0n) is 11.1. The summed E-state index contributed by atoms with van der Waals surface area (Å²) in [7, 11) is 0. The van der Waals surface area contributed by atoms with Crippen molar-refractivity contribution >= 4 is 12.2 Å². The van der Waals surface area contributed by atoms with Crippen molar-refractivity contribution in [1.29, 1.82) is 0 Å². The van der Waals surface area contributed by atoms with Crippen LogP contribution < -0.4 is 11.5 Å². The first kappa shape index (κ1) is 14.4. The van der Waals surface area contributed by atoms with Crippen LogP contribution in [0.5, 0.6) is 0 Å². The molecule has 2 rings (SSSR count). The number of morpholine rings is 1. The molecule has 0 radical (unpaired) electrons.